The van der Waals surface area contributed by atoms with Crippen LogP contribution in [0.15, 0.2) is 4.99 Å². The Hall–Kier alpha value is -1.15. The fourth-order valence-electron chi connectivity index (χ4n) is 3.27. The summed E-state index contributed by atoms with van der Waals surface area (Å²) in [4.78, 5) is 23.1. The summed E-state index contributed by atoms with van der Waals surface area (Å²) in [6.45, 7) is 12.5. The van der Waals surface area contributed by atoms with Crippen LogP contribution in [-0.4, -0.2) is 101 Å². The Morgan fingerprint density at radius 1 is 1.04 bits per heavy atom. The fourth-order valence-corrected chi connectivity index (χ4v) is 4.17. The van der Waals surface area contributed by atoms with Gasteiger partial charge in [0.15, 0.2) is 5.96 Å². The normalized spacial score (nSPS) is 21.2. The van der Waals surface area contributed by atoms with Crippen LogP contribution in [0.25, 0.3) is 0 Å². The van der Waals surface area contributed by atoms with Gasteiger partial charge in [0, 0.05) is 74.2 Å². The largest absolute Gasteiger partial charge is 0.355 e. The molecule has 1 atom stereocenters. The lowest BCUT2D eigenvalue weighted by Gasteiger charge is -2.36. The standard InChI is InChI=1S/C18H35N5O2S/c1-18(2,3)26(25)14-7-20-17(19-4)23-12-10-21(11-13-23)15-16(24)22-8-5-6-9-22/h5-15H2,1-4H3,(H,19,20). The molecule has 150 valence electrons. The summed E-state index contributed by atoms with van der Waals surface area (Å²) in [6.07, 6.45) is 2.28. The Labute approximate surface area is 160 Å². The third-order valence-corrected chi connectivity index (χ3v) is 6.90. The number of likely N-dealkylation sites (tertiary alicyclic amines) is 1. The number of rotatable bonds is 5. The number of guanidine groups is 1. The van der Waals surface area contributed by atoms with E-state index in [0.29, 0.717) is 18.8 Å². The van der Waals surface area contributed by atoms with E-state index in [9.17, 15) is 9.00 Å². The molecule has 0 radical (unpaired) electrons. The molecule has 2 aliphatic rings. The molecule has 0 aromatic rings. The molecule has 0 aromatic carbocycles. The van der Waals surface area contributed by atoms with E-state index < -0.39 is 10.8 Å². The molecular formula is C18H35N5O2S. The van der Waals surface area contributed by atoms with Crippen LogP contribution in [0.4, 0.5) is 0 Å². The van der Waals surface area contributed by atoms with Crippen LogP contribution in [0, 0.1) is 0 Å². The van der Waals surface area contributed by atoms with Crippen LogP contribution < -0.4 is 5.32 Å². The predicted molar refractivity (Wildman–Crippen MR) is 108 cm³/mol. The van der Waals surface area contributed by atoms with Crippen molar-refractivity contribution in [3.8, 4) is 0 Å². The number of piperazine rings is 1. The van der Waals surface area contributed by atoms with Crippen molar-refractivity contribution in [1.82, 2.24) is 20.0 Å². The minimum atomic E-state index is -0.861. The molecule has 1 N–H and O–H groups in total. The second-order valence-electron chi connectivity index (χ2n) is 7.99. The van der Waals surface area contributed by atoms with Gasteiger partial charge in [0.25, 0.3) is 0 Å². The zero-order valence-corrected chi connectivity index (χ0v) is 17.6. The van der Waals surface area contributed by atoms with Crippen molar-refractivity contribution < 1.29 is 9.00 Å². The molecule has 7 nitrogen and oxygen atoms in total. The molecule has 0 aromatic heterocycles. The maximum Gasteiger partial charge on any atom is 0.236 e. The fraction of sp³-hybridized carbons (Fsp3) is 0.889. The molecule has 2 rings (SSSR count). The van der Waals surface area contributed by atoms with Crippen LogP contribution in [0.5, 0.6) is 0 Å². The second kappa shape index (κ2) is 9.69. The Balaban J connectivity index is 1.71. The van der Waals surface area contributed by atoms with E-state index in [4.69, 9.17) is 0 Å². The molecule has 1 unspecified atom stereocenters. The third kappa shape index (κ3) is 6.23. The van der Waals surface area contributed by atoms with Crippen molar-refractivity contribution in [3.05, 3.63) is 0 Å². The van der Waals surface area contributed by atoms with Gasteiger partial charge >= 0.3 is 0 Å². The molecule has 2 heterocycles. The minimum absolute atomic E-state index is 0.182. The van der Waals surface area contributed by atoms with Crippen molar-refractivity contribution in [1.29, 1.82) is 0 Å². The molecule has 0 bridgehead atoms. The summed E-state index contributed by atoms with van der Waals surface area (Å²) in [7, 11) is 0.923. The van der Waals surface area contributed by atoms with E-state index in [-0.39, 0.29) is 10.7 Å². The maximum atomic E-state index is 12.3. The molecule has 2 saturated heterocycles. The first-order valence-corrected chi connectivity index (χ1v) is 11.0. The van der Waals surface area contributed by atoms with Gasteiger partial charge in [-0.2, -0.15) is 0 Å². The molecule has 0 aliphatic carbocycles. The lowest BCUT2D eigenvalue weighted by atomic mass is 10.3. The highest BCUT2D eigenvalue weighted by molar-refractivity contribution is 7.86. The van der Waals surface area contributed by atoms with E-state index in [0.717, 1.165) is 58.1 Å². The van der Waals surface area contributed by atoms with Gasteiger partial charge in [0.2, 0.25) is 5.91 Å². The SMILES string of the molecule is CN=C(NCCS(=O)C(C)(C)C)N1CCN(CC(=O)N2CCCC2)CC1. The van der Waals surface area contributed by atoms with Crippen molar-refractivity contribution >= 4 is 22.7 Å². The monoisotopic (exact) mass is 385 g/mol. The summed E-state index contributed by atoms with van der Waals surface area (Å²) in [6, 6.07) is 0. The van der Waals surface area contributed by atoms with Crippen molar-refractivity contribution in [2.24, 2.45) is 4.99 Å². The molecule has 1 amide bonds. The van der Waals surface area contributed by atoms with Gasteiger partial charge in [0.05, 0.1) is 6.54 Å². The van der Waals surface area contributed by atoms with E-state index in [1.54, 1.807) is 7.05 Å². The summed E-state index contributed by atoms with van der Waals surface area (Å²) in [5, 5.41) is 3.33. The second-order valence-corrected chi connectivity index (χ2v) is 10.3. The average molecular weight is 386 g/mol. The highest BCUT2D eigenvalue weighted by Crippen LogP contribution is 2.11. The number of nitrogens with one attached hydrogen (secondary N) is 1. The molecule has 0 saturated carbocycles. The summed E-state index contributed by atoms with van der Waals surface area (Å²) in [5.74, 6) is 1.75. The Morgan fingerprint density at radius 2 is 1.65 bits per heavy atom. The number of carbonyl (C=O) groups is 1. The van der Waals surface area contributed by atoms with Crippen LogP contribution in [0.1, 0.15) is 33.6 Å². The first-order valence-electron chi connectivity index (χ1n) is 9.65. The summed E-state index contributed by atoms with van der Waals surface area (Å²) < 4.78 is 12.0. The van der Waals surface area contributed by atoms with Gasteiger partial charge in [-0.15, -0.1) is 0 Å². The van der Waals surface area contributed by atoms with Crippen LogP contribution in [0.2, 0.25) is 0 Å². The van der Waals surface area contributed by atoms with Crippen LogP contribution >= 0.6 is 0 Å². The summed E-state index contributed by atoms with van der Waals surface area (Å²) in [5.41, 5.74) is 0. The molecule has 2 aliphatic heterocycles. The first kappa shape index (κ1) is 21.2. The third-order valence-electron chi connectivity index (χ3n) is 4.95. The lowest BCUT2D eigenvalue weighted by molar-refractivity contribution is -0.131. The minimum Gasteiger partial charge on any atom is -0.355 e. The van der Waals surface area contributed by atoms with Gasteiger partial charge < -0.3 is 15.1 Å². The zero-order chi connectivity index (χ0) is 19.2. The van der Waals surface area contributed by atoms with Crippen LogP contribution in [-0.2, 0) is 15.6 Å². The van der Waals surface area contributed by atoms with Gasteiger partial charge in [0.1, 0.15) is 0 Å². The Kier molecular flexibility index (Phi) is 7.88. The number of hydrogen-bond donors (Lipinski definition) is 1. The molecule has 8 heteroatoms. The van der Waals surface area contributed by atoms with E-state index >= 15 is 0 Å². The molecular weight excluding hydrogens is 350 g/mol. The Bertz CT molecular complexity index is 518. The van der Waals surface area contributed by atoms with Gasteiger partial charge in [-0.05, 0) is 33.6 Å². The quantitative estimate of drug-likeness (QED) is 0.546. The smallest absolute Gasteiger partial charge is 0.236 e. The Morgan fingerprint density at radius 3 is 2.19 bits per heavy atom. The lowest BCUT2D eigenvalue weighted by Crippen LogP contribution is -2.54. The zero-order valence-electron chi connectivity index (χ0n) is 16.8. The van der Waals surface area contributed by atoms with E-state index in [1.165, 1.54) is 0 Å². The predicted octanol–water partition coefficient (Wildman–Crippen LogP) is 0.349. The maximum absolute atomic E-state index is 12.3. The van der Waals surface area contributed by atoms with Crippen molar-refractivity contribution in [3.63, 3.8) is 0 Å². The van der Waals surface area contributed by atoms with E-state index in [1.807, 2.05) is 25.7 Å². The highest BCUT2D eigenvalue weighted by atomic mass is 32.2. The first-order chi connectivity index (χ1) is 12.3. The van der Waals surface area contributed by atoms with Crippen molar-refractivity contribution in [2.45, 2.75) is 38.4 Å². The number of hydrogen-bond acceptors (Lipinski definition) is 4. The van der Waals surface area contributed by atoms with Gasteiger partial charge in [-0.25, -0.2) is 0 Å². The van der Waals surface area contributed by atoms with Gasteiger partial charge in [-0.1, -0.05) is 0 Å². The number of aliphatic imine (C=N–C) groups is 1. The number of amides is 1. The topological polar surface area (TPSA) is 68.2 Å². The molecule has 2 fully saturated rings. The number of carbonyl (C=O) groups excluding carboxylic acids is 1. The number of nitrogens with zero attached hydrogens (tertiary/aromatic N) is 4. The van der Waals surface area contributed by atoms with Crippen LogP contribution in [0.3, 0.4) is 0 Å². The molecule has 26 heavy (non-hydrogen) atoms. The van der Waals surface area contributed by atoms with Crippen molar-refractivity contribution in [2.75, 3.05) is 65.2 Å². The van der Waals surface area contributed by atoms with E-state index in [2.05, 4.69) is 20.1 Å². The highest BCUT2D eigenvalue weighted by Gasteiger charge is 2.25. The van der Waals surface area contributed by atoms with Gasteiger partial charge in [-0.3, -0.25) is 18.9 Å². The molecule has 0 spiro atoms. The summed E-state index contributed by atoms with van der Waals surface area (Å²) >= 11 is 0. The average Bonchev–Trinajstić information content (AvgIpc) is 3.13.